The molecule has 1 amide bonds. The summed E-state index contributed by atoms with van der Waals surface area (Å²) in [6.07, 6.45) is 3.35. The molecule has 1 heterocycles. The largest absolute Gasteiger partial charge is 0.319 e. The zero-order valence-corrected chi connectivity index (χ0v) is 18.7. The van der Waals surface area contributed by atoms with Gasteiger partial charge in [0.1, 0.15) is 0 Å². The summed E-state index contributed by atoms with van der Waals surface area (Å²) < 4.78 is 28.5. The molecule has 0 saturated carbocycles. The molecular formula is C21H25N3O3S2. The number of unbranched alkanes of at least 4 members (excludes halogenated alkanes) is 1. The van der Waals surface area contributed by atoms with Crippen molar-refractivity contribution in [1.29, 1.82) is 0 Å². The SMILES string of the molecule is CCCCc1ccc2c(c1)sc(=NC(=O)c1ccc(S(=O)(=O)N(C)C)cc1)n2C. The summed E-state index contributed by atoms with van der Waals surface area (Å²) in [4.78, 5) is 17.6. The molecule has 154 valence electrons. The van der Waals surface area contributed by atoms with Crippen molar-refractivity contribution >= 4 is 37.5 Å². The number of rotatable bonds is 6. The van der Waals surface area contributed by atoms with Gasteiger partial charge in [-0.15, -0.1) is 0 Å². The van der Waals surface area contributed by atoms with Crippen LogP contribution in [0.25, 0.3) is 10.2 Å². The minimum Gasteiger partial charge on any atom is -0.319 e. The van der Waals surface area contributed by atoms with Crippen molar-refractivity contribution in [2.75, 3.05) is 14.1 Å². The molecule has 0 bridgehead atoms. The summed E-state index contributed by atoms with van der Waals surface area (Å²) in [6, 6.07) is 12.2. The molecule has 1 aromatic heterocycles. The minimum atomic E-state index is -3.52. The Morgan fingerprint density at radius 3 is 2.45 bits per heavy atom. The monoisotopic (exact) mass is 431 g/mol. The molecule has 8 heteroatoms. The van der Waals surface area contributed by atoms with Crippen LogP contribution in [-0.2, 0) is 23.5 Å². The van der Waals surface area contributed by atoms with Gasteiger partial charge in [-0.2, -0.15) is 4.99 Å². The number of carbonyl (C=O) groups is 1. The average Bonchev–Trinajstić information content (AvgIpc) is 3.01. The van der Waals surface area contributed by atoms with Gasteiger partial charge in [-0.25, -0.2) is 12.7 Å². The molecule has 29 heavy (non-hydrogen) atoms. The normalized spacial score (nSPS) is 12.8. The van der Waals surface area contributed by atoms with E-state index in [-0.39, 0.29) is 4.90 Å². The number of hydrogen-bond acceptors (Lipinski definition) is 4. The number of aryl methyl sites for hydroxylation is 2. The Balaban J connectivity index is 1.92. The highest BCUT2D eigenvalue weighted by Crippen LogP contribution is 2.20. The second kappa shape index (κ2) is 8.61. The van der Waals surface area contributed by atoms with Gasteiger partial charge >= 0.3 is 0 Å². The fourth-order valence-electron chi connectivity index (χ4n) is 2.95. The van der Waals surface area contributed by atoms with Gasteiger partial charge in [0.2, 0.25) is 10.0 Å². The number of carbonyl (C=O) groups excluding carboxylic acids is 1. The number of hydrogen-bond donors (Lipinski definition) is 0. The number of sulfonamides is 1. The molecule has 0 unspecified atom stereocenters. The maximum absolute atomic E-state index is 12.6. The molecule has 2 aromatic carbocycles. The molecule has 0 spiro atoms. The van der Waals surface area contributed by atoms with E-state index in [9.17, 15) is 13.2 Å². The van der Waals surface area contributed by atoms with Crippen molar-refractivity contribution in [1.82, 2.24) is 8.87 Å². The lowest BCUT2D eigenvalue weighted by Gasteiger charge is -2.11. The molecular weight excluding hydrogens is 406 g/mol. The summed E-state index contributed by atoms with van der Waals surface area (Å²) in [6.45, 7) is 2.18. The van der Waals surface area contributed by atoms with Crippen LogP contribution in [0.3, 0.4) is 0 Å². The highest BCUT2D eigenvalue weighted by Gasteiger charge is 2.17. The van der Waals surface area contributed by atoms with Crippen molar-refractivity contribution in [2.24, 2.45) is 12.0 Å². The Morgan fingerprint density at radius 1 is 1.14 bits per heavy atom. The first kappa shape index (κ1) is 21.4. The lowest BCUT2D eigenvalue weighted by molar-refractivity contribution is 0.0998. The Kier molecular flexibility index (Phi) is 6.36. The summed E-state index contributed by atoms with van der Waals surface area (Å²) in [5.41, 5.74) is 2.68. The van der Waals surface area contributed by atoms with Gasteiger partial charge in [0.15, 0.2) is 4.80 Å². The van der Waals surface area contributed by atoms with Gasteiger partial charge in [-0.05, 0) is 54.8 Å². The molecule has 0 aliphatic carbocycles. The zero-order valence-electron chi connectivity index (χ0n) is 17.0. The van der Waals surface area contributed by atoms with Crippen LogP contribution >= 0.6 is 11.3 Å². The Morgan fingerprint density at radius 2 is 1.83 bits per heavy atom. The molecule has 0 aliphatic heterocycles. The van der Waals surface area contributed by atoms with E-state index in [1.165, 1.54) is 55.3 Å². The number of thiazole rings is 1. The number of aromatic nitrogens is 1. The number of amides is 1. The standard InChI is InChI=1S/C21H25N3O3S2/c1-5-6-7-15-8-13-18-19(14-15)28-21(24(18)4)22-20(25)16-9-11-17(12-10-16)29(26,27)23(2)3/h8-14H,5-7H2,1-4H3. The van der Waals surface area contributed by atoms with Crippen LogP contribution in [0.4, 0.5) is 0 Å². The Labute approximate surface area is 175 Å². The second-order valence-electron chi connectivity index (χ2n) is 7.08. The van der Waals surface area contributed by atoms with Gasteiger partial charge in [0, 0.05) is 26.7 Å². The quantitative estimate of drug-likeness (QED) is 0.599. The fraction of sp³-hybridized carbons (Fsp3) is 0.333. The summed E-state index contributed by atoms with van der Waals surface area (Å²) >= 11 is 1.48. The van der Waals surface area contributed by atoms with E-state index >= 15 is 0 Å². The smallest absolute Gasteiger partial charge is 0.279 e. The van der Waals surface area contributed by atoms with Gasteiger partial charge in [0.25, 0.3) is 5.91 Å². The lowest BCUT2D eigenvalue weighted by Crippen LogP contribution is -2.22. The van der Waals surface area contributed by atoms with Crippen molar-refractivity contribution in [3.63, 3.8) is 0 Å². The first-order chi connectivity index (χ1) is 13.7. The number of benzene rings is 2. The summed E-state index contributed by atoms with van der Waals surface area (Å²) in [5.74, 6) is -0.396. The third-order valence-corrected chi connectivity index (χ3v) is 7.69. The van der Waals surface area contributed by atoms with Crippen LogP contribution in [0.1, 0.15) is 35.7 Å². The van der Waals surface area contributed by atoms with Gasteiger partial charge < -0.3 is 4.57 Å². The van der Waals surface area contributed by atoms with E-state index in [4.69, 9.17) is 0 Å². The van der Waals surface area contributed by atoms with E-state index in [1.807, 2.05) is 11.6 Å². The van der Waals surface area contributed by atoms with Crippen LogP contribution in [-0.4, -0.2) is 37.3 Å². The second-order valence-corrected chi connectivity index (χ2v) is 10.2. The molecule has 3 aromatic rings. The van der Waals surface area contributed by atoms with Crippen molar-refractivity contribution in [2.45, 2.75) is 31.1 Å². The third-order valence-electron chi connectivity index (χ3n) is 4.77. The molecule has 0 fully saturated rings. The van der Waals surface area contributed by atoms with E-state index < -0.39 is 15.9 Å². The molecule has 0 atom stereocenters. The van der Waals surface area contributed by atoms with Crippen LogP contribution in [0.5, 0.6) is 0 Å². The van der Waals surface area contributed by atoms with Crippen LogP contribution in [0.15, 0.2) is 52.4 Å². The predicted molar refractivity (Wildman–Crippen MR) is 117 cm³/mol. The molecule has 0 radical (unpaired) electrons. The maximum atomic E-state index is 12.6. The Hall–Kier alpha value is -2.29. The maximum Gasteiger partial charge on any atom is 0.279 e. The predicted octanol–water partition coefficient (Wildman–Crippen LogP) is 3.57. The summed E-state index contributed by atoms with van der Waals surface area (Å²) in [5, 5.41) is 0. The topological polar surface area (TPSA) is 71.7 Å². The minimum absolute atomic E-state index is 0.145. The molecule has 6 nitrogen and oxygen atoms in total. The van der Waals surface area contributed by atoms with Crippen LogP contribution in [0, 0.1) is 0 Å². The van der Waals surface area contributed by atoms with E-state index in [0.717, 1.165) is 33.8 Å². The highest BCUT2D eigenvalue weighted by atomic mass is 32.2. The first-order valence-electron chi connectivity index (χ1n) is 9.44. The first-order valence-corrected chi connectivity index (χ1v) is 11.7. The molecule has 0 N–H and O–H groups in total. The molecule has 3 rings (SSSR count). The van der Waals surface area contributed by atoms with E-state index in [2.05, 4.69) is 30.1 Å². The lowest BCUT2D eigenvalue weighted by atomic mass is 10.1. The van der Waals surface area contributed by atoms with E-state index in [1.54, 1.807) is 0 Å². The molecule has 0 saturated heterocycles. The Bertz CT molecular complexity index is 1200. The van der Waals surface area contributed by atoms with E-state index in [0.29, 0.717) is 10.4 Å². The van der Waals surface area contributed by atoms with Crippen molar-refractivity contribution in [3.05, 3.63) is 58.4 Å². The third kappa shape index (κ3) is 4.49. The van der Waals surface area contributed by atoms with Gasteiger partial charge in [-0.1, -0.05) is 30.7 Å². The molecule has 0 aliphatic rings. The van der Waals surface area contributed by atoms with Gasteiger partial charge in [-0.3, -0.25) is 4.79 Å². The summed E-state index contributed by atoms with van der Waals surface area (Å²) in [7, 11) is 1.31. The van der Waals surface area contributed by atoms with Crippen LogP contribution < -0.4 is 4.80 Å². The number of fused-ring (bicyclic) bond motifs is 1. The van der Waals surface area contributed by atoms with Gasteiger partial charge in [0.05, 0.1) is 15.1 Å². The van der Waals surface area contributed by atoms with Crippen molar-refractivity contribution in [3.8, 4) is 0 Å². The average molecular weight is 432 g/mol. The van der Waals surface area contributed by atoms with Crippen molar-refractivity contribution < 1.29 is 13.2 Å². The fourth-order valence-corrected chi connectivity index (χ4v) is 4.94. The highest BCUT2D eigenvalue weighted by molar-refractivity contribution is 7.89. The van der Waals surface area contributed by atoms with Crippen LogP contribution in [0.2, 0.25) is 0 Å². The number of nitrogens with zero attached hydrogens (tertiary/aromatic N) is 3. The zero-order chi connectivity index (χ0) is 21.2.